The predicted octanol–water partition coefficient (Wildman–Crippen LogP) is 2.20. The summed E-state index contributed by atoms with van der Waals surface area (Å²) in [6.45, 7) is 4.97. The molecule has 1 aliphatic carbocycles. The molecular weight excluding hydrogens is 202 g/mol. The second-order valence-electron chi connectivity index (χ2n) is 5.09. The summed E-state index contributed by atoms with van der Waals surface area (Å²) in [6.07, 6.45) is 4.78. The van der Waals surface area contributed by atoms with Crippen LogP contribution in [-0.2, 0) is 0 Å². The number of nitrogens with one attached hydrogen (secondary N) is 2. The lowest BCUT2D eigenvalue weighted by atomic mass is 9.79. The first kappa shape index (κ1) is 11.4. The van der Waals surface area contributed by atoms with Crippen LogP contribution in [0.1, 0.15) is 39.5 Å². The van der Waals surface area contributed by atoms with E-state index >= 15 is 0 Å². The number of hydrogen-bond acceptors (Lipinski definition) is 2. The molecule has 1 atom stereocenters. The van der Waals surface area contributed by atoms with Crippen LogP contribution in [0.5, 0.6) is 0 Å². The zero-order valence-corrected chi connectivity index (χ0v) is 10.1. The third-order valence-electron chi connectivity index (χ3n) is 3.98. The van der Waals surface area contributed by atoms with Gasteiger partial charge in [0.2, 0.25) is 0 Å². The maximum Gasteiger partial charge on any atom is 0.323 e. The average molecular weight is 223 g/mol. The molecule has 0 radical (unpaired) electrons. The predicted molar refractivity (Wildman–Crippen MR) is 63.5 cm³/mol. The Morgan fingerprint density at radius 3 is 2.56 bits per heavy atom. The van der Waals surface area contributed by atoms with Crippen molar-refractivity contribution in [2.24, 2.45) is 11.8 Å². The Balaban J connectivity index is 2.07. The third kappa shape index (κ3) is 1.93. The SMILES string of the molecule is CCN1C(=O)NC(=N)C1C1CCC(C)CC1. The fraction of sp³-hybridized carbons (Fsp3) is 0.833. The molecule has 1 saturated heterocycles. The highest BCUT2D eigenvalue weighted by Gasteiger charge is 2.40. The van der Waals surface area contributed by atoms with E-state index in [0.717, 1.165) is 18.8 Å². The largest absolute Gasteiger partial charge is 0.323 e. The van der Waals surface area contributed by atoms with E-state index in [-0.39, 0.29) is 12.1 Å². The smallest absolute Gasteiger partial charge is 0.314 e. The molecule has 1 saturated carbocycles. The van der Waals surface area contributed by atoms with Gasteiger partial charge in [0.05, 0.1) is 6.04 Å². The van der Waals surface area contributed by atoms with Crippen LogP contribution in [0.15, 0.2) is 0 Å². The quantitative estimate of drug-likeness (QED) is 0.741. The van der Waals surface area contributed by atoms with Crippen molar-refractivity contribution in [2.75, 3.05) is 6.54 Å². The van der Waals surface area contributed by atoms with Crippen molar-refractivity contribution < 1.29 is 4.79 Å². The molecule has 2 aliphatic rings. The highest BCUT2D eigenvalue weighted by Crippen LogP contribution is 2.33. The van der Waals surface area contributed by atoms with Crippen LogP contribution in [0, 0.1) is 17.2 Å². The number of amidine groups is 1. The molecule has 0 aromatic rings. The zero-order valence-electron chi connectivity index (χ0n) is 10.1. The van der Waals surface area contributed by atoms with Crippen LogP contribution in [-0.4, -0.2) is 29.4 Å². The Labute approximate surface area is 96.9 Å². The van der Waals surface area contributed by atoms with Gasteiger partial charge >= 0.3 is 6.03 Å². The van der Waals surface area contributed by atoms with Crippen LogP contribution >= 0.6 is 0 Å². The number of rotatable bonds is 2. The lowest BCUT2D eigenvalue weighted by Crippen LogP contribution is -2.41. The van der Waals surface area contributed by atoms with E-state index in [4.69, 9.17) is 5.41 Å². The number of amides is 2. The Hall–Kier alpha value is -1.06. The first-order valence-electron chi connectivity index (χ1n) is 6.29. The molecule has 1 heterocycles. The molecule has 4 heteroatoms. The molecule has 2 fully saturated rings. The van der Waals surface area contributed by atoms with Crippen molar-refractivity contribution in [3.63, 3.8) is 0 Å². The van der Waals surface area contributed by atoms with Gasteiger partial charge in [-0.15, -0.1) is 0 Å². The van der Waals surface area contributed by atoms with Crippen molar-refractivity contribution in [2.45, 2.75) is 45.6 Å². The number of nitrogens with zero attached hydrogens (tertiary/aromatic N) is 1. The first-order chi connectivity index (χ1) is 7.63. The van der Waals surface area contributed by atoms with Crippen molar-refractivity contribution in [3.05, 3.63) is 0 Å². The second kappa shape index (κ2) is 4.44. The highest BCUT2D eigenvalue weighted by molar-refractivity contribution is 6.05. The standard InChI is InChI=1S/C12H21N3O/c1-3-15-10(11(13)14-12(15)16)9-6-4-8(2)5-7-9/h8-10H,3-7H2,1-2H3,(H2,13,14,16). The van der Waals surface area contributed by atoms with E-state index in [2.05, 4.69) is 12.2 Å². The number of carbonyl (C=O) groups is 1. The topological polar surface area (TPSA) is 56.2 Å². The minimum absolute atomic E-state index is 0.0185. The van der Waals surface area contributed by atoms with Gasteiger partial charge in [-0.2, -0.15) is 0 Å². The molecule has 16 heavy (non-hydrogen) atoms. The maximum absolute atomic E-state index is 11.6. The van der Waals surface area contributed by atoms with Crippen molar-refractivity contribution >= 4 is 11.9 Å². The summed E-state index contributed by atoms with van der Waals surface area (Å²) >= 11 is 0. The Bertz CT molecular complexity index is 295. The Morgan fingerprint density at radius 1 is 1.38 bits per heavy atom. The van der Waals surface area contributed by atoms with Crippen LogP contribution in [0.3, 0.4) is 0 Å². The van der Waals surface area contributed by atoms with Gasteiger partial charge in [0.15, 0.2) is 0 Å². The highest BCUT2D eigenvalue weighted by atomic mass is 16.2. The van der Waals surface area contributed by atoms with Crippen molar-refractivity contribution in [1.29, 1.82) is 5.41 Å². The molecule has 1 unspecified atom stereocenters. The molecule has 2 rings (SSSR count). The van der Waals surface area contributed by atoms with Crippen LogP contribution in [0.4, 0.5) is 4.79 Å². The lowest BCUT2D eigenvalue weighted by molar-refractivity contribution is 0.172. The van der Waals surface area contributed by atoms with Gasteiger partial charge in [0.1, 0.15) is 5.84 Å². The van der Waals surface area contributed by atoms with E-state index in [1.165, 1.54) is 12.8 Å². The summed E-state index contributed by atoms with van der Waals surface area (Å²) < 4.78 is 0. The van der Waals surface area contributed by atoms with E-state index in [9.17, 15) is 4.79 Å². The van der Waals surface area contributed by atoms with E-state index < -0.39 is 0 Å². The van der Waals surface area contributed by atoms with Gasteiger partial charge in [-0.3, -0.25) is 10.7 Å². The maximum atomic E-state index is 11.6. The normalized spacial score (nSPS) is 35.4. The van der Waals surface area contributed by atoms with Gasteiger partial charge in [-0.1, -0.05) is 19.8 Å². The summed E-state index contributed by atoms with van der Waals surface area (Å²) in [6, 6.07) is -0.0684. The lowest BCUT2D eigenvalue weighted by Gasteiger charge is -2.33. The van der Waals surface area contributed by atoms with Gasteiger partial charge in [0, 0.05) is 6.54 Å². The number of carbonyl (C=O) groups excluding carboxylic acids is 1. The van der Waals surface area contributed by atoms with E-state index in [1.54, 1.807) is 0 Å². The molecule has 1 aliphatic heterocycles. The molecule has 2 amide bonds. The van der Waals surface area contributed by atoms with Crippen LogP contribution in [0.25, 0.3) is 0 Å². The Kier molecular flexibility index (Phi) is 3.17. The fourth-order valence-electron chi connectivity index (χ4n) is 2.98. The Morgan fingerprint density at radius 2 is 2.00 bits per heavy atom. The van der Waals surface area contributed by atoms with Gasteiger partial charge in [-0.25, -0.2) is 4.79 Å². The zero-order chi connectivity index (χ0) is 11.7. The van der Waals surface area contributed by atoms with Gasteiger partial charge in [-0.05, 0) is 31.6 Å². The summed E-state index contributed by atoms with van der Waals surface area (Å²) in [5.41, 5.74) is 0. The van der Waals surface area contributed by atoms with E-state index in [1.807, 2.05) is 11.8 Å². The molecule has 0 spiro atoms. The average Bonchev–Trinajstić information content (AvgIpc) is 2.54. The number of urea groups is 1. The van der Waals surface area contributed by atoms with E-state index in [0.29, 0.717) is 18.3 Å². The fourth-order valence-corrected chi connectivity index (χ4v) is 2.98. The van der Waals surface area contributed by atoms with Gasteiger partial charge in [0.25, 0.3) is 0 Å². The minimum atomic E-state index is -0.0869. The monoisotopic (exact) mass is 223 g/mol. The van der Waals surface area contributed by atoms with Crippen molar-refractivity contribution in [3.8, 4) is 0 Å². The van der Waals surface area contributed by atoms with Gasteiger partial charge < -0.3 is 4.90 Å². The summed E-state index contributed by atoms with van der Waals surface area (Å²) in [7, 11) is 0. The third-order valence-corrected chi connectivity index (χ3v) is 3.98. The number of hydrogen-bond donors (Lipinski definition) is 2. The molecule has 2 N–H and O–H groups in total. The summed E-state index contributed by atoms with van der Waals surface area (Å²) in [4.78, 5) is 13.4. The second-order valence-corrected chi connectivity index (χ2v) is 5.09. The van der Waals surface area contributed by atoms with Crippen molar-refractivity contribution in [1.82, 2.24) is 10.2 Å². The summed E-state index contributed by atoms with van der Waals surface area (Å²) in [5.74, 6) is 1.71. The van der Waals surface area contributed by atoms with Crippen LogP contribution in [0.2, 0.25) is 0 Å². The molecule has 0 bridgehead atoms. The molecule has 90 valence electrons. The van der Waals surface area contributed by atoms with Crippen LogP contribution < -0.4 is 5.32 Å². The molecule has 0 aromatic heterocycles. The first-order valence-corrected chi connectivity index (χ1v) is 6.29. The molecular formula is C12H21N3O. The minimum Gasteiger partial charge on any atom is -0.314 e. The number of likely N-dealkylation sites (N-methyl/N-ethyl adjacent to an activating group) is 1. The summed E-state index contributed by atoms with van der Waals surface area (Å²) in [5, 5.41) is 10.5. The molecule has 4 nitrogen and oxygen atoms in total. The molecule has 0 aromatic carbocycles.